The number of ether oxygens (including phenoxy) is 3. The van der Waals surface area contributed by atoms with Gasteiger partial charge in [-0.3, -0.25) is 0 Å². The van der Waals surface area contributed by atoms with Crippen LogP contribution < -0.4 is 14.4 Å². The lowest BCUT2D eigenvalue weighted by atomic mass is 10.1. The number of piperazine rings is 1. The number of benzene rings is 2. The van der Waals surface area contributed by atoms with Crippen LogP contribution in [0.1, 0.15) is 31.9 Å². The number of hydrogen-bond donors (Lipinski definition) is 0. The second kappa shape index (κ2) is 12.7. The molecule has 1 saturated heterocycles. The fraction of sp³-hybridized carbons (Fsp3) is 0.303. The summed E-state index contributed by atoms with van der Waals surface area (Å²) in [7, 11) is 0. The van der Waals surface area contributed by atoms with Crippen molar-refractivity contribution in [1.82, 2.24) is 14.9 Å². The van der Waals surface area contributed by atoms with Crippen molar-refractivity contribution in [3.05, 3.63) is 102 Å². The third kappa shape index (κ3) is 7.75. The highest BCUT2D eigenvalue weighted by Gasteiger charge is 2.26. The van der Waals surface area contributed by atoms with Crippen molar-refractivity contribution in [2.24, 2.45) is 0 Å². The average Bonchev–Trinajstić information content (AvgIpc) is 2.99. The Labute approximate surface area is 241 Å². The van der Waals surface area contributed by atoms with Crippen molar-refractivity contribution >= 4 is 11.9 Å². The minimum atomic E-state index is -0.513. The van der Waals surface area contributed by atoms with E-state index in [1.54, 1.807) is 11.1 Å². The van der Waals surface area contributed by atoms with Gasteiger partial charge in [0.2, 0.25) is 11.8 Å². The minimum absolute atomic E-state index is 0.278. The average molecular weight is 553 g/mol. The van der Waals surface area contributed by atoms with E-state index < -0.39 is 5.60 Å². The molecular weight excluding hydrogens is 516 g/mol. The van der Waals surface area contributed by atoms with Gasteiger partial charge in [0.25, 0.3) is 0 Å². The second-order valence-electron chi connectivity index (χ2n) is 10.9. The third-order valence-electron chi connectivity index (χ3n) is 6.59. The Kier molecular flexibility index (Phi) is 8.67. The molecule has 212 valence electrons. The van der Waals surface area contributed by atoms with E-state index in [0.29, 0.717) is 51.2 Å². The lowest BCUT2D eigenvalue weighted by Gasteiger charge is -2.36. The molecule has 2 aromatic carbocycles. The van der Waals surface area contributed by atoms with Crippen molar-refractivity contribution in [2.75, 3.05) is 31.1 Å². The summed E-state index contributed by atoms with van der Waals surface area (Å²) >= 11 is 0. The Hall–Kier alpha value is -4.59. The van der Waals surface area contributed by atoms with E-state index in [1.165, 1.54) is 0 Å². The third-order valence-corrected chi connectivity index (χ3v) is 6.59. The maximum absolute atomic E-state index is 12.5. The monoisotopic (exact) mass is 552 g/mol. The first-order valence-corrected chi connectivity index (χ1v) is 13.9. The molecule has 4 aromatic rings. The second-order valence-corrected chi connectivity index (χ2v) is 10.9. The van der Waals surface area contributed by atoms with Crippen LogP contribution in [0.4, 0.5) is 10.6 Å². The molecule has 0 unspecified atom stereocenters. The Balaban J connectivity index is 1.33. The van der Waals surface area contributed by atoms with Crippen LogP contribution in [0.25, 0.3) is 11.1 Å². The number of aromatic nitrogens is 2. The van der Waals surface area contributed by atoms with Crippen LogP contribution in [0, 0.1) is 0 Å². The highest BCUT2D eigenvalue weighted by molar-refractivity contribution is 5.72. The van der Waals surface area contributed by atoms with Crippen LogP contribution in [-0.2, 0) is 18.0 Å². The Morgan fingerprint density at radius 2 is 1.44 bits per heavy atom. The molecule has 41 heavy (non-hydrogen) atoms. The number of anilines is 1. The first-order chi connectivity index (χ1) is 19.8. The van der Waals surface area contributed by atoms with Gasteiger partial charge in [-0.25, -0.2) is 9.78 Å². The first-order valence-electron chi connectivity index (χ1n) is 13.9. The zero-order valence-electron chi connectivity index (χ0n) is 23.8. The predicted octanol–water partition coefficient (Wildman–Crippen LogP) is 6.36. The summed E-state index contributed by atoms with van der Waals surface area (Å²) in [5.74, 6) is 1.82. The molecule has 3 heterocycles. The number of carbonyl (C=O) groups excluding carboxylic acids is 1. The largest absolute Gasteiger partial charge is 0.473 e. The summed E-state index contributed by atoms with van der Waals surface area (Å²) in [5.41, 5.74) is 3.39. The Morgan fingerprint density at radius 1 is 0.805 bits per heavy atom. The van der Waals surface area contributed by atoms with Gasteiger partial charge in [-0.2, -0.15) is 4.98 Å². The van der Waals surface area contributed by atoms with Gasteiger partial charge in [-0.1, -0.05) is 60.7 Å². The van der Waals surface area contributed by atoms with E-state index in [0.717, 1.165) is 28.1 Å². The van der Waals surface area contributed by atoms with Gasteiger partial charge in [0.1, 0.15) is 24.6 Å². The molecule has 0 N–H and O–H groups in total. The minimum Gasteiger partial charge on any atom is -0.473 e. The Bertz CT molecular complexity index is 1430. The predicted molar refractivity (Wildman–Crippen MR) is 159 cm³/mol. The van der Waals surface area contributed by atoms with Gasteiger partial charge in [-0.15, -0.1) is 0 Å². The SMILES string of the molecule is CC(C)(C)OC(=O)N1CCN(c2cc(-c3ccc(OCc4ccccc4)nc3OCc3ccccc3)ccn2)CC1. The van der Waals surface area contributed by atoms with Crippen molar-refractivity contribution in [2.45, 2.75) is 39.6 Å². The van der Waals surface area contributed by atoms with E-state index in [-0.39, 0.29) is 6.09 Å². The van der Waals surface area contributed by atoms with Crippen molar-refractivity contribution in [3.8, 4) is 22.9 Å². The zero-order chi connectivity index (χ0) is 28.7. The van der Waals surface area contributed by atoms with Crippen LogP contribution >= 0.6 is 0 Å². The quantitative estimate of drug-likeness (QED) is 0.252. The highest BCUT2D eigenvalue weighted by Crippen LogP contribution is 2.33. The van der Waals surface area contributed by atoms with Gasteiger partial charge in [0.05, 0.1) is 0 Å². The molecule has 8 nitrogen and oxygen atoms in total. The molecule has 1 aliphatic rings. The number of nitrogens with zero attached hydrogens (tertiary/aromatic N) is 4. The summed E-state index contributed by atoms with van der Waals surface area (Å²) in [6.45, 7) is 8.91. The van der Waals surface area contributed by atoms with E-state index >= 15 is 0 Å². The first kappa shape index (κ1) is 28.0. The molecule has 0 atom stereocenters. The summed E-state index contributed by atoms with van der Waals surface area (Å²) in [6.07, 6.45) is 1.52. The van der Waals surface area contributed by atoms with Crippen LogP contribution in [0.15, 0.2) is 91.1 Å². The van der Waals surface area contributed by atoms with Gasteiger partial charge in [-0.05, 0) is 55.7 Å². The van der Waals surface area contributed by atoms with E-state index in [9.17, 15) is 4.79 Å². The van der Waals surface area contributed by atoms with E-state index in [4.69, 9.17) is 19.2 Å². The van der Waals surface area contributed by atoms with Gasteiger partial charge in [0, 0.05) is 44.0 Å². The van der Waals surface area contributed by atoms with Gasteiger partial charge >= 0.3 is 6.09 Å². The Morgan fingerprint density at radius 3 is 2.07 bits per heavy atom. The summed E-state index contributed by atoms with van der Waals surface area (Å²) < 4.78 is 17.8. The molecule has 0 spiro atoms. The number of amides is 1. The maximum atomic E-state index is 12.5. The number of hydrogen-bond acceptors (Lipinski definition) is 7. The molecule has 8 heteroatoms. The van der Waals surface area contributed by atoms with Crippen molar-refractivity contribution in [1.29, 1.82) is 0 Å². The summed E-state index contributed by atoms with van der Waals surface area (Å²) in [6, 6.07) is 27.9. The van der Waals surface area contributed by atoms with E-state index in [1.807, 2.05) is 106 Å². The van der Waals surface area contributed by atoms with Crippen molar-refractivity contribution < 1.29 is 19.0 Å². The molecule has 1 amide bonds. The molecule has 5 rings (SSSR count). The molecule has 1 fully saturated rings. The standard InChI is InChI=1S/C33H36N4O4/c1-33(2,3)41-32(38)37-20-18-36(19-21-37)29-22-27(16-17-34-29)28-14-15-30(39-23-25-10-6-4-7-11-25)35-31(28)40-24-26-12-8-5-9-13-26/h4-17,22H,18-21,23-24H2,1-3H3. The fourth-order valence-corrected chi connectivity index (χ4v) is 4.49. The number of rotatable bonds is 8. The number of carbonyl (C=O) groups is 1. The molecule has 2 aromatic heterocycles. The summed E-state index contributed by atoms with van der Waals surface area (Å²) in [5, 5.41) is 0. The van der Waals surface area contributed by atoms with Crippen LogP contribution in [-0.4, -0.2) is 52.7 Å². The zero-order valence-corrected chi connectivity index (χ0v) is 23.8. The van der Waals surface area contributed by atoms with Gasteiger partial charge < -0.3 is 24.0 Å². The highest BCUT2D eigenvalue weighted by atomic mass is 16.6. The van der Waals surface area contributed by atoms with Crippen molar-refractivity contribution in [3.63, 3.8) is 0 Å². The molecule has 0 radical (unpaired) electrons. The maximum Gasteiger partial charge on any atom is 0.410 e. The van der Waals surface area contributed by atoms with Crippen LogP contribution in [0.5, 0.6) is 11.8 Å². The van der Waals surface area contributed by atoms with Crippen LogP contribution in [0.3, 0.4) is 0 Å². The normalized spacial score (nSPS) is 13.5. The topological polar surface area (TPSA) is 77.0 Å². The molecule has 0 saturated carbocycles. The molecular formula is C33H36N4O4. The number of pyridine rings is 2. The van der Waals surface area contributed by atoms with Gasteiger partial charge in [0.15, 0.2) is 0 Å². The fourth-order valence-electron chi connectivity index (χ4n) is 4.49. The molecule has 1 aliphatic heterocycles. The smallest absolute Gasteiger partial charge is 0.410 e. The lowest BCUT2D eigenvalue weighted by molar-refractivity contribution is 0.0240. The summed E-state index contributed by atoms with van der Waals surface area (Å²) in [4.78, 5) is 25.8. The molecule has 0 bridgehead atoms. The molecule has 0 aliphatic carbocycles. The lowest BCUT2D eigenvalue weighted by Crippen LogP contribution is -2.50. The van der Waals surface area contributed by atoms with Crippen LogP contribution in [0.2, 0.25) is 0 Å². The van der Waals surface area contributed by atoms with E-state index in [2.05, 4.69) is 9.88 Å².